The van der Waals surface area contributed by atoms with Crippen molar-refractivity contribution in [2.45, 2.75) is 25.8 Å². The Morgan fingerprint density at radius 1 is 1.21 bits per heavy atom. The topological polar surface area (TPSA) is 89.1 Å². The Labute approximate surface area is 188 Å². The Hall–Kier alpha value is -3.82. The lowest BCUT2D eigenvalue weighted by Crippen LogP contribution is -2.51. The fourth-order valence-corrected chi connectivity index (χ4v) is 4.36. The van der Waals surface area contributed by atoms with Gasteiger partial charge >= 0.3 is 0 Å². The molecule has 4 aromatic rings. The van der Waals surface area contributed by atoms with Crippen molar-refractivity contribution in [2.24, 2.45) is 5.92 Å². The molecule has 2 atom stereocenters. The van der Waals surface area contributed by atoms with Gasteiger partial charge in [-0.2, -0.15) is 20.0 Å². The molecule has 33 heavy (non-hydrogen) atoms. The number of likely N-dealkylation sites (tertiary alicyclic amines) is 1. The number of piperidine rings is 1. The highest BCUT2D eigenvalue weighted by Gasteiger charge is 2.35. The van der Waals surface area contributed by atoms with E-state index in [0.29, 0.717) is 24.2 Å². The average Bonchev–Trinajstić information content (AvgIpc) is 3.47. The molecular formula is C23H22F2N6O2. The number of nitrogens with one attached hydrogen (secondary N) is 1. The normalized spacial score (nSPS) is 18.6. The second-order valence-corrected chi connectivity index (χ2v) is 8.15. The van der Waals surface area contributed by atoms with Crippen molar-refractivity contribution in [3.63, 3.8) is 0 Å². The van der Waals surface area contributed by atoms with Crippen LogP contribution in [0.5, 0.6) is 0 Å². The lowest BCUT2D eigenvalue weighted by atomic mass is 9.90. The largest absolute Gasteiger partial charge is 0.424 e. The molecule has 1 fully saturated rings. The minimum absolute atomic E-state index is 0.0647. The van der Waals surface area contributed by atoms with Crippen molar-refractivity contribution in [3.8, 4) is 5.69 Å². The second-order valence-electron chi connectivity index (χ2n) is 8.15. The summed E-state index contributed by atoms with van der Waals surface area (Å²) in [4.78, 5) is 20.8. The van der Waals surface area contributed by atoms with Crippen LogP contribution in [0.3, 0.4) is 0 Å². The van der Waals surface area contributed by atoms with Gasteiger partial charge < -0.3 is 14.6 Å². The van der Waals surface area contributed by atoms with E-state index in [-0.39, 0.29) is 29.2 Å². The van der Waals surface area contributed by atoms with E-state index >= 15 is 0 Å². The first-order valence-corrected chi connectivity index (χ1v) is 10.8. The summed E-state index contributed by atoms with van der Waals surface area (Å²) in [7, 11) is 0. The Morgan fingerprint density at radius 3 is 2.85 bits per heavy atom. The molecule has 1 N–H and O–H groups in total. The second kappa shape index (κ2) is 8.61. The smallest absolute Gasteiger partial charge is 0.295 e. The molecule has 8 nitrogen and oxygen atoms in total. The molecule has 0 radical (unpaired) electrons. The standard InChI is InChI=1S/C23H22F2N6O2/c1-14-4-3-11-30(19(14)13-26-23-29-17-12-15(24)7-8-20(17)33-23)22(32)21-16(25)5-2-6-18(21)31-27-9-10-28-31/h2,5-10,12,14,19H,3-4,11,13H2,1H3,(H,26,29). The molecule has 1 saturated heterocycles. The third kappa shape index (κ3) is 4.04. The molecule has 1 amide bonds. The van der Waals surface area contributed by atoms with Crippen molar-refractivity contribution >= 4 is 23.0 Å². The van der Waals surface area contributed by atoms with E-state index in [4.69, 9.17) is 4.42 Å². The lowest BCUT2D eigenvalue weighted by molar-refractivity contribution is 0.0534. The van der Waals surface area contributed by atoms with Gasteiger partial charge in [-0.05, 0) is 43.0 Å². The number of carbonyl (C=O) groups excluding carboxylic acids is 1. The van der Waals surface area contributed by atoms with Gasteiger partial charge in [0.2, 0.25) is 0 Å². The number of hydrogen-bond acceptors (Lipinski definition) is 6. The summed E-state index contributed by atoms with van der Waals surface area (Å²) in [6.45, 7) is 2.91. The lowest BCUT2D eigenvalue weighted by Gasteiger charge is -2.40. The number of carbonyl (C=O) groups is 1. The zero-order chi connectivity index (χ0) is 22.9. The van der Waals surface area contributed by atoms with E-state index < -0.39 is 17.5 Å². The average molecular weight is 452 g/mol. The van der Waals surface area contributed by atoms with Crippen LogP contribution in [0.2, 0.25) is 0 Å². The van der Waals surface area contributed by atoms with Crippen LogP contribution in [0.15, 0.2) is 53.2 Å². The van der Waals surface area contributed by atoms with Gasteiger partial charge in [-0.3, -0.25) is 4.79 Å². The summed E-state index contributed by atoms with van der Waals surface area (Å²) in [6.07, 6.45) is 4.69. The van der Waals surface area contributed by atoms with Gasteiger partial charge in [-0.15, -0.1) is 0 Å². The van der Waals surface area contributed by atoms with Gasteiger partial charge in [0.25, 0.3) is 11.9 Å². The van der Waals surface area contributed by atoms with Crippen molar-refractivity contribution in [1.82, 2.24) is 24.9 Å². The SMILES string of the molecule is CC1CCCN(C(=O)c2c(F)cccc2-n2nccn2)C1CNc1nc2cc(F)ccc2o1. The summed E-state index contributed by atoms with van der Waals surface area (Å²) < 4.78 is 34.0. The van der Waals surface area contributed by atoms with E-state index in [2.05, 4.69) is 27.4 Å². The van der Waals surface area contributed by atoms with Gasteiger partial charge in [0.15, 0.2) is 5.58 Å². The molecule has 0 bridgehead atoms. The minimum Gasteiger partial charge on any atom is -0.424 e. The zero-order valence-electron chi connectivity index (χ0n) is 17.9. The van der Waals surface area contributed by atoms with E-state index in [1.165, 1.54) is 47.5 Å². The molecule has 2 aromatic carbocycles. The van der Waals surface area contributed by atoms with Crippen LogP contribution < -0.4 is 5.32 Å². The number of fused-ring (bicyclic) bond motifs is 1. The Bertz CT molecular complexity index is 1290. The number of aromatic nitrogens is 4. The van der Waals surface area contributed by atoms with Crippen molar-refractivity contribution in [3.05, 3.63) is 66.0 Å². The van der Waals surface area contributed by atoms with Crippen molar-refractivity contribution < 1.29 is 18.0 Å². The number of amides is 1. The third-order valence-electron chi connectivity index (χ3n) is 6.03. The van der Waals surface area contributed by atoms with Gasteiger partial charge in [-0.25, -0.2) is 8.78 Å². The molecule has 5 rings (SSSR count). The predicted molar refractivity (Wildman–Crippen MR) is 117 cm³/mol. The fraction of sp³-hybridized carbons (Fsp3) is 0.304. The number of rotatable bonds is 5. The van der Waals surface area contributed by atoms with Crippen molar-refractivity contribution in [2.75, 3.05) is 18.4 Å². The van der Waals surface area contributed by atoms with Crippen LogP contribution in [0.4, 0.5) is 14.8 Å². The first kappa shape index (κ1) is 21.0. The molecule has 1 aliphatic rings. The predicted octanol–water partition coefficient (Wildman–Crippen LogP) is 4.04. The van der Waals surface area contributed by atoms with Gasteiger partial charge in [0.05, 0.1) is 18.4 Å². The van der Waals surface area contributed by atoms with Crippen LogP contribution in [-0.2, 0) is 0 Å². The third-order valence-corrected chi connectivity index (χ3v) is 6.03. The highest BCUT2D eigenvalue weighted by atomic mass is 19.1. The summed E-state index contributed by atoms with van der Waals surface area (Å²) in [5, 5.41) is 11.3. The number of oxazole rings is 1. The molecule has 0 spiro atoms. The Morgan fingerprint density at radius 2 is 2.03 bits per heavy atom. The molecule has 0 saturated carbocycles. The molecule has 170 valence electrons. The van der Waals surface area contributed by atoms with Crippen LogP contribution in [0.1, 0.15) is 30.1 Å². The Balaban J connectivity index is 1.41. The van der Waals surface area contributed by atoms with E-state index in [0.717, 1.165) is 12.8 Å². The first-order chi connectivity index (χ1) is 16.0. The fourth-order valence-electron chi connectivity index (χ4n) is 4.36. The molecular weight excluding hydrogens is 430 g/mol. The van der Waals surface area contributed by atoms with Crippen molar-refractivity contribution in [1.29, 1.82) is 0 Å². The number of nitrogens with zero attached hydrogens (tertiary/aromatic N) is 5. The number of benzene rings is 2. The van der Waals surface area contributed by atoms with E-state index in [1.54, 1.807) is 11.0 Å². The Kier molecular flexibility index (Phi) is 5.49. The monoisotopic (exact) mass is 452 g/mol. The highest BCUT2D eigenvalue weighted by molar-refractivity contribution is 5.98. The molecule has 2 unspecified atom stereocenters. The molecule has 0 aliphatic carbocycles. The number of halogens is 2. The van der Waals surface area contributed by atoms with Crippen LogP contribution >= 0.6 is 0 Å². The van der Waals surface area contributed by atoms with Crippen LogP contribution in [-0.4, -0.2) is 49.9 Å². The van der Waals surface area contributed by atoms with E-state index in [1.807, 2.05) is 0 Å². The van der Waals surface area contributed by atoms with E-state index in [9.17, 15) is 13.6 Å². The maximum atomic E-state index is 14.9. The quantitative estimate of drug-likeness (QED) is 0.492. The summed E-state index contributed by atoms with van der Waals surface area (Å²) >= 11 is 0. The van der Waals surface area contributed by atoms with Crippen LogP contribution in [0, 0.1) is 17.6 Å². The minimum atomic E-state index is -0.624. The maximum Gasteiger partial charge on any atom is 0.295 e. The molecule has 3 heterocycles. The summed E-state index contributed by atoms with van der Waals surface area (Å²) in [5.74, 6) is -1.28. The van der Waals surface area contributed by atoms with Gasteiger partial charge in [0.1, 0.15) is 28.4 Å². The summed E-state index contributed by atoms with van der Waals surface area (Å²) in [6, 6.07) is 8.55. The first-order valence-electron chi connectivity index (χ1n) is 10.8. The number of hydrogen-bond donors (Lipinski definition) is 1. The summed E-state index contributed by atoms with van der Waals surface area (Å²) in [5.41, 5.74) is 1.09. The van der Waals surface area contributed by atoms with Gasteiger partial charge in [-0.1, -0.05) is 13.0 Å². The molecule has 2 aromatic heterocycles. The molecule has 10 heteroatoms. The molecule has 1 aliphatic heterocycles. The van der Waals surface area contributed by atoms with Crippen LogP contribution in [0.25, 0.3) is 16.8 Å². The zero-order valence-corrected chi connectivity index (χ0v) is 17.9. The number of anilines is 1. The van der Waals surface area contributed by atoms with Gasteiger partial charge in [0, 0.05) is 19.2 Å². The highest BCUT2D eigenvalue weighted by Crippen LogP contribution is 2.28. The maximum absolute atomic E-state index is 14.9.